The van der Waals surface area contributed by atoms with Gasteiger partial charge in [0, 0.05) is 4.90 Å². The lowest BCUT2D eigenvalue weighted by molar-refractivity contribution is 0.346. The summed E-state index contributed by atoms with van der Waals surface area (Å²) in [4.78, 5) is 0.863. The second kappa shape index (κ2) is 4.82. The van der Waals surface area contributed by atoms with E-state index in [0.29, 0.717) is 6.61 Å². The molecule has 1 aromatic carbocycles. The zero-order valence-electron chi connectivity index (χ0n) is 7.34. The maximum Gasteiger partial charge on any atom is 0.328 e. The first-order chi connectivity index (χ1) is 6.14. The maximum absolute atomic E-state index is 11.5. The van der Waals surface area contributed by atoms with Crippen molar-refractivity contribution >= 4 is 18.1 Å². The summed E-state index contributed by atoms with van der Waals surface area (Å²) in [7, 11) is 0. The molecule has 0 fully saturated rings. The Labute approximate surface area is 81.9 Å². The third-order valence-corrected chi connectivity index (χ3v) is 4.35. The van der Waals surface area contributed by atoms with Crippen molar-refractivity contribution in [2.75, 3.05) is 6.61 Å². The van der Waals surface area contributed by atoms with Gasteiger partial charge in [-0.1, -0.05) is 18.2 Å². The molecule has 0 aliphatic heterocycles. The van der Waals surface area contributed by atoms with Gasteiger partial charge < -0.3 is 4.52 Å². The summed E-state index contributed by atoms with van der Waals surface area (Å²) in [5, 5.41) is 0. The topological polar surface area (TPSA) is 52.3 Å². The zero-order chi connectivity index (χ0) is 9.73. The molecule has 0 heterocycles. The highest BCUT2D eigenvalue weighted by molar-refractivity contribution is 8.55. The fourth-order valence-corrected chi connectivity index (χ4v) is 3.54. The molecular formula is C8H12NO2PS. The van der Waals surface area contributed by atoms with Crippen LogP contribution in [0.3, 0.4) is 0 Å². The van der Waals surface area contributed by atoms with E-state index in [1.54, 1.807) is 6.92 Å². The quantitative estimate of drug-likeness (QED) is 0.788. The van der Waals surface area contributed by atoms with Gasteiger partial charge in [0.05, 0.1) is 6.61 Å². The van der Waals surface area contributed by atoms with Gasteiger partial charge in [0.25, 0.3) is 0 Å². The van der Waals surface area contributed by atoms with E-state index in [4.69, 9.17) is 10.0 Å². The highest BCUT2D eigenvalue weighted by Gasteiger charge is 2.17. The number of benzene rings is 1. The number of rotatable bonds is 4. The molecule has 72 valence electrons. The third kappa shape index (κ3) is 3.96. The average molecular weight is 217 g/mol. The summed E-state index contributed by atoms with van der Waals surface area (Å²) in [6.45, 7) is -0.860. The van der Waals surface area contributed by atoms with E-state index in [9.17, 15) is 4.57 Å². The van der Waals surface area contributed by atoms with Crippen LogP contribution in [0.25, 0.3) is 0 Å². The summed E-state index contributed by atoms with van der Waals surface area (Å²) in [6.07, 6.45) is 0. The van der Waals surface area contributed by atoms with Crippen LogP contribution in [0.4, 0.5) is 0 Å². The lowest BCUT2D eigenvalue weighted by Crippen LogP contribution is -1.95. The van der Waals surface area contributed by atoms with Crippen LogP contribution < -0.4 is 5.50 Å². The molecular weight excluding hydrogens is 205 g/mol. The number of nitrogens with two attached hydrogens (primary N) is 1. The number of hydrogen-bond donors (Lipinski definition) is 1. The van der Waals surface area contributed by atoms with E-state index in [-0.39, 0.29) is 0 Å². The molecule has 0 saturated heterocycles. The zero-order valence-corrected chi connectivity index (χ0v) is 9.05. The molecule has 2 N–H and O–H groups in total. The van der Waals surface area contributed by atoms with Crippen LogP contribution in [0.5, 0.6) is 0 Å². The molecule has 1 atom stereocenters. The largest absolute Gasteiger partial charge is 0.328 e. The van der Waals surface area contributed by atoms with Crippen LogP contribution in [0.2, 0.25) is 0 Å². The fraction of sp³-hybridized carbons (Fsp3) is 0.250. The molecule has 1 rings (SSSR count). The summed E-state index contributed by atoms with van der Waals surface area (Å²) >= 11 is 1.08. The van der Waals surface area contributed by atoms with Gasteiger partial charge in [-0.05, 0) is 30.4 Å². The van der Waals surface area contributed by atoms with E-state index in [0.717, 1.165) is 16.3 Å². The van der Waals surface area contributed by atoms with Crippen LogP contribution in [0.15, 0.2) is 35.2 Å². The van der Waals surface area contributed by atoms with Crippen molar-refractivity contribution in [3.05, 3.63) is 30.3 Å². The number of hydrogen-bond acceptors (Lipinski definition) is 3. The average Bonchev–Trinajstić information content (AvgIpc) is 2.04. The van der Waals surface area contributed by atoms with Crippen molar-refractivity contribution in [1.82, 2.24) is 0 Å². The smallest absolute Gasteiger partial charge is 0.310 e. The SMILES string of the molecule is CCOP(N)(=O)Sc1ccccc1. The van der Waals surface area contributed by atoms with Gasteiger partial charge in [0.15, 0.2) is 0 Å². The van der Waals surface area contributed by atoms with E-state index in [1.807, 2.05) is 30.3 Å². The molecule has 5 heteroatoms. The van der Waals surface area contributed by atoms with Gasteiger partial charge in [-0.25, -0.2) is 0 Å². The first kappa shape index (κ1) is 10.8. The van der Waals surface area contributed by atoms with Crippen molar-refractivity contribution in [3.8, 4) is 0 Å². The first-order valence-electron chi connectivity index (χ1n) is 3.92. The molecule has 0 aliphatic rings. The van der Waals surface area contributed by atoms with E-state index in [2.05, 4.69) is 0 Å². The molecule has 13 heavy (non-hydrogen) atoms. The van der Waals surface area contributed by atoms with Crippen LogP contribution in [0.1, 0.15) is 6.92 Å². The molecule has 0 aromatic heterocycles. The monoisotopic (exact) mass is 217 g/mol. The Morgan fingerprint density at radius 1 is 1.46 bits per heavy atom. The molecule has 0 bridgehead atoms. The van der Waals surface area contributed by atoms with Crippen LogP contribution in [-0.4, -0.2) is 6.61 Å². The van der Waals surface area contributed by atoms with Gasteiger partial charge in [-0.3, -0.25) is 10.1 Å². The molecule has 3 nitrogen and oxygen atoms in total. The van der Waals surface area contributed by atoms with Gasteiger partial charge >= 0.3 is 6.72 Å². The molecule has 1 unspecified atom stereocenters. The van der Waals surface area contributed by atoms with Crippen LogP contribution in [0, 0.1) is 0 Å². The minimum absolute atomic E-state index is 0.369. The molecule has 1 aromatic rings. The Balaban J connectivity index is 2.64. The Bertz CT molecular complexity index is 304. The van der Waals surface area contributed by atoms with E-state index in [1.165, 1.54) is 0 Å². The normalized spacial score (nSPS) is 15.2. The standard InChI is InChI=1S/C8H12NO2PS/c1-2-11-12(9,10)13-8-6-4-3-5-7-8/h3-7H,2H2,1H3,(H2,9,10). The summed E-state index contributed by atoms with van der Waals surface area (Å²) < 4.78 is 16.4. The van der Waals surface area contributed by atoms with Crippen molar-refractivity contribution < 1.29 is 9.09 Å². The minimum Gasteiger partial charge on any atom is -0.310 e. The lowest BCUT2D eigenvalue weighted by atomic mass is 10.4. The van der Waals surface area contributed by atoms with Crippen molar-refractivity contribution in [2.45, 2.75) is 11.8 Å². The maximum atomic E-state index is 11.5. The van der Waals surface area contributed by atoms with Gasteiger partial charge in [0.1, 0.15) is 0 Å². The third-order valence-electron chi connectivity index (χ3n) is 1.28. The molecule has 0 amide bonds. The van der Waals surface area contributed by atoms with Gasteiger partial charge in [0.2, 0.25) is 0 Å². The second-order valence-corrected chi connectivity index (χ2v) is 6.43. The molecule has 0 aliphatic carbocycles. The molecule has 0 saturated carbocycles. The molecule has 0 radical (unpaired) electrons. The Morgan fingerprint density at radius 3 is 2.62 bits per heavy atom. The Hall–Kier alpha value is -0.280. The summed E-state index contributed by atoms with van der Waals surface area (Å²) in [5.74, 6) is 0. The fourth-order valence-electron chi connectivity index (χ4n) is 0.835. The van der Waals surface area contributed by atoms with Gasteiger partial charge in [-0.2, -0.15) is 0 Å². The minimum atomic E-state index is -3.00. The van der Waals surface area contributed by atoms with Crippen LogP contribution >= 0.6 is 18.1 Å². The van der Waals surface area contributed by atoms with Gasteiger partial charge in [-0.15, -0.1) is 0 Å². The highest BCUT2D eigenvalue weighted by Crippen LogP contribution is 2.55. The lowest BCUT2D eigenvalue weighted by Gasteiger charge is -2.10. The second-order valence-electron chi connectivity index (χ2n) is 2.36. The predicted octanol–water partition coefficient (Wildman–Crippen LogP) is 2.88. The summed E-state index contributed by atoms with van der Waals surface area (Å²) in [6, 6.07) is 9.33. The van der Waals surface area contributed by atoms with Crippen molar-refractivity contribution in [1.29, 1.82) is 0 Å². The molecule has 0 spiro atoms. The van der Waals surface area contributed by atoms with E-state index >= 15 is 0 Å². The Morgan fingerprint density at radius 2 is 2.08 bits per heavy atom. The van der Waals surface area contributed by atoms with E-state index < -0.39 is 6.72 Å². The van der Waals surface area contributed by atoms with Crippen LogP contribution in [-0.2, 0) is 9.09 Å². The summed E-state index contributed by atoms with van der Waals surface area (Å²) in [5.41, 5.74) is 5.46. The first-order valence-corrected chi connectivity index (χ1v) is 7.03. The predicted molar refractivity (Wildman–Crippen MR) is 55.7 cm³/mol. The Kier molecular flexibility index (Phi) is 4.00. The van der Waals surface area contributed by atoms with Crippen molar-refractivity contribution in [3.63, 3.8) is 0 Å². The van der Waals surface area contributed by atoms with Crippen molar-refractivity contribution in [2.24, 2.45) is 5.50 Å². The highest BCUT2D eigenvalue weighted by atomic mass is 32.7.